The molecule has 1 aromatic rings. The molecule has 0 spiro atoms. The van der Waals surface area contributed by atoms with Crippen LogP contribution in [0.1, 0.15) is 12.8 Å². The Morgan fingerprint density at radius 2 is 2.22 bits per heavy atom. The van der Waals surface area contributed by atoms with Gasteiger partial charge < -0.3 is 5.32 Å². The monoisotopic (exact) mass is 287 g/mol. The van der Waals surface area contributed by atoms with Crippen molar-refractivity contribution in [2.24, 2.45) is 0 Å². The van der Waals surface area contributed by atoms with Gasteiger partial charge in [-0.1, -0.05) is 0 Å². The van der Waals surface area contributed by atoms with E-state index in [4.69, 9.17) is 0 Å². The SMILES string of the molecule is CNc1ncccc1S(=O)(=O)NCC1(SC)CC1. The second-order valence-electron chi connectivity index (χ2n) is 4.31. The minimum atomic E-state index is -3.49. The van der Waals surface area contributed by atoms with E-state index in [-0.39, 0.29) is 9.64 Å². The quantitative estimate of drug-likeness (QED) is 0.825. The fourth-order valence-corrected chi connectivity index (χ4v) is 3.80. The third-order valence-electron chi connectivity index (χ3n) is 3.12. The lowest BCUT2D eigenvalue weighted by molar-refractivity contribution is 0.579. The molecule has 100 valence electrons. The van der Waals surface area contributed by atoms with E-state index in [0.29, 0.717) is 12.4 Å². The topological polar surface area (TPSA) is 71.1 Å². The molecule has 0 unspecified atom stereocenters. The number of hydrogen-bond acceptors (Lipinski definition) is 5. The summed E-state index contributed by atoms with van der Waals surface area (Å²) in [6.07, 6.45) is 5.73. The minimum Gasteiger partial charge on any atom is -0.372 e. The summed E-state index contributed by atoms with van der Waals surface area (Å²) in [4.78, 5) is 4.21. The zero-order valence-corrected chi connectivity index (χ0v) is 12.1. The Morgan fingerprint density at radius 3 is 2.78 bits per heavy atom. The van der Waals surface area contributed by atoms with Gasteiger partial charge in [-0.25, -0.2) is 18.1 Å². The molecule has 0 amide bonds. The van der Waals surface area contributed by atoms with E-state index >= 15 is 0 Å². The van der Waals surface area contributed by atoms with Crippen LogP contribution in [0.4, 0.5) is 5.82 Å². The Hall–Kier alpha value is -0.790. The van der Waals surface area contributed by atoms with Gasteiger partial charge in [0.1, 0.15) is 10.7 Å². The van der Waals surface area contributed by atoms with Crippen LogP contribution in [-0.2, 0) is 10.0 Å². The molecule has 1 aromatic heterocycles. The van der Waals surface area contributed by atoms with Gasteiger partial charge >= 0.3 is 0 Å². The maximum atomic E-state index is 12.2. The van der Waals surface area contributed by atoms with Crippen molar-refractivity contribution in [1.82, 2.24) is 9.71 Å². The summed E-state index contributed by atoms with van der Waals surface area (Å²) in [7, 11) is -1.84. The molecule has 0 radical (unpaired) electrons. The molecule has 1 fully saturated rings. The van der Waals surface area contributed by atoms with E-state index in [1.54, 1.807) is 37.1 Å². The van der Waals surface area contributed by atoms with Gasteiger partial charge in [0.2, 0.25) is 10.0 Å². The third kappa shape index (κ3) is 2.78. The highest BCUT2D eigenvalue weighted by Gasteiger charge is 2.42. The molecule has 1 saturated carbocycles. The van der Waals surface area contributed by atoms with Gasteiger partial charge in [-0.15, -0.1) is 0 Å². The van der Waals surface area contributed by atoms with Crippen LogP contribution in [0.25, 0.3) is 0 Å². The lowest BCUT2D eigenvalue weighted by Gasteiger charge is -2.14. The van der Waals surface area contributed by atoms with Gasteiger partial charge in [0, 0.05) is 24.5 Å². The second-order valence-corrected chi connectivity index (χ2v) is 7.32. The average Bonchev–Trinajstić information content (AvgIpc) is 3.17. The minimum absolute atomic E-state index is 0.106. The van der Waals surface area contributed by atoms with Crippen LogP contribution in [0.5, 0.6) is 0 Å². The Morgan fingerprint density at radius 1 is 1.50 bits per heavy atom. The summed E-state index contributed by atoms with van der Waals surface area (Å²) >= 11 is 1.73. The summed E-state index contributed by atoms with van der Waals surface area (Å²) < 4.78 is 27.2. The van der Waals surface area contributed by atoms with E-state index in [1.165, 1.54) is 0 Å². The van der Waals surface area contributed by atoms with E-state index in [1.807, 2.05) is 6.26 Å². The van der Waals surface area contributed by atoms with Crippen LogP contribution < -0.4 is 10.0 Å². The number of hydrogen-bond donors (Lipinski definition) is 2. The molecule has 7 heteroatoms. The molecule has 0 atom stereocenters. The highest BCUT2D eigenvalue weighted by Crippen LogP contribution is 2.46. The van der Waals surface area contributed by atoms with Crippen LogP contribution in [0.3, 0.4) is 0 Å². The predicted octanol–water partition coefficient (Wildman–Crippen LogP) is 1.30. The van der Waals surface area contributed by atoms with Gasteiger partial charge in [0.05, 0.1) is 0 Å². The van der Waals surface area contributed by atoms with Gasteiger partial charge in [-0.2, -0.15) is 11.8 Å². The molecule has 5 nitrogen and oxygen atoms in total. The summed E-state index contributed by atoms with van der Waals surface area (Å²) in [6, 6.07) is 3.18. The van der Waals surface area contributed by atoms with Crippen LogP contribution in [0.15, 0.2) is 23.2 Å². The van der Waals surface area contributed by atoms with Gasteiger partial charge in [0.25, 0.3) is 0 Å². The Balaban J connectivity index is 2.15. The fraction of sp³-hybridized carbons (Fsp3) is 0.545. The summed E-state index contributed by atoms with van der Waals surface area (Å²) in [5, 5.41) is 2.79. The number of rotatable bonds is 6. The van der Waals surface area contributed by atoms with Crippen LogP contribution in [-0.4, -0.2) is 38.0 Å². The van der Waals surface area contributed by atoms with Crippen LogP contribution in [0.2, 0.25) is 0 Å². The highest BCUT2D eigenvalue weighted by molar-refractivity contribution is 8.00. The van der Waals surface area contributed by atoms with E-state index < -0.39 is 10.0 Å². The first-order valence-corrected chi connectivity index (χ1v) is 8.41. The Bertz CT molecular complexity index is 527. The predicted molar refractivity (Wildman–Crippen MR) is 74.5 cm³/mol. The van der Waals surface area contributed by atoms with Crippen molar-refractivity contribution in [1.29, 1.82) is 0 Å². The van der Waals surface area contributed by atoms with Crippen molar-refractivity contribution in [2.75, 3.05) is 25.2 Å². The van der Waals surface area contributed by atoms with Crippen LogP contribution >= 0.6 is 11.8 Å². The molecule has 18 heavy (non-hydrogen) atoms. The number of anilines is 1. The van der Waals surface area contributed by atoms with Crippen molar-refractivity contribution in [3.63, 3.8) is 0 Å². The number of pyridine rings is 1. The highest BCUT2D eigenvalue weighted by atomic mass is 32.2. The largest absolute Gasteiger partial charge is 0.372 e. The van der Waals surface area contributed by atoms with Crippen molar-refractivity contribution >= 4 is 27.6 Å². The van der Waals surface area contributed by atoms with Gasteiger partial charge in [-0.05, 0) is 31.2 Å². The Labute approximate surface area is 112 Å². The molecule has 1 heterocycles. The number of nitrogens with zero attached hydrogens (tertiary/aromatic N) is 1. The maximum Gasteiger partial charge on any atom is 0.244 e. The fourth-order valence-electron chi connectivity index (χ4n) is 1.69. The van der Waals surface area contributed by atoms with Crippen molar-refractivity contribution in [2.45, 2.75) is 22.5 Å². The number of aromatic nitrogens is 1. The summed E-state index contributed by atoms with van der Waals surface area (Å²) in [5.74, 6) is 0.374. The van der Waals surface area contributed by atoms with Gasteiger partial charge in [-0.3, -0.25) is 0 Å². The molecule has 2 rings (SSSR count). The molecule has 0 aromatic carbocycles. The first-order chi connectivity index (χ1) is 8.53. The zero-order valence-electron chi connectivity index (χ0n) is 10.4. The summed E-state index contributed by atoms with van der Waals surface area (Å²) in [6.45, 7) is 0.481. The normalized spacial score (nSPS) is 17.4. The maximum absolute atomic E-state index is 12.2. The van der Waals surface area contributed by atoms with E-state index in [0.717, 1.165) is 12.8 Å². The molecule has 0 saturated heterocycles. The molecule has 0 bridgehead atoms. The summed E-state index contributed by atoms with van der Waals surface area (Å²) in [5.41, 5.74) is 0. The number of sulfonamides is 1. The molecule has 1 aliphatic carbocycles. The zero-order chi connectivity index (χ0) is 13.2. The smallest absolute Gasteiger partial charge is 0.244 e. The lowest BCUT2D eigenvalue weighted by Crippen LogP contribution is -2.32. The molecule has 1 aliphatic rings. The van der Waals surface area contributed by atoms with Gasteiger partial charge in [0.15, 0.2) is 0 Å². The second kappa shape index (κ2) is 5.07. The standard InChI is InChI=1S/C11H17N3O2S2/c1-12-10-9(4-3-7-13-10)18(15,16)14-8-11(17-2)5-6-11/h3-4,7,14H,5-6,8H2,1-2H3,(H,12,13). The molecule has 0 aliphatic heterocycles. The first kappa shape index (κ1) is 13.6. The van der Waals surface area contributed by atoms with E-state index in [9.17, 15) is 8.42 Å². The number of thioether (sulfide) groups is 1. The first-order valence-electron chi connectivity index (χ1n) is 5.71. The third-order valence-corrected chi connectivity index (χ3v) is 5.97. The lowest BCUT2D eigenvalue weighted by atomic mass is 10.4. The molecular weight excluding hydrogens is 270 g/mol. The molecular formula is C11H17N3O2S2. The van der Waals surface area contributed by atoms with Crippen molar-refractivity contribution in [3.05, 3.63) is 18.3 Å². The van der Waals surface area contributed by atoms with Crippen molar-refractivity contribution < 1.29 is 8.42 Å². The van der Waals surface area contributed by atoms with Crippen molar-refractivity contribution in [3.8, 4) is 0 Å². The number of nitrogens with one attached hydrogen (secondary N) is 2. The average molecular weight is 287 g/mol. The molecule has 2 N–H and O–H groups in total. The van der Waals surface area contributed by atoms with E-state index in [2.05, 4.69) is 15.0 Å². The van der Waals surface area contributed by atoms with Crippen LogP contribution in [0, 0.1) is 0 Å². The Kier molecular flexibility index (Phi) is 3.84.